The summed E-state index contributed by atoms with van der Waals surface area (Å²) in [6, 6.07) is 15.1. The number of methoxy groups -OCH3 is 1. The number of anilines is 1. The van der Waals surface area contributed by atoms with Crippen molar-refractivity contribution in [3.05, 3.63) is 88.7 Å². The van der Waals surface area contributed by atoms with Gasteiger partial charge in [-0.25, -0.2) is 19.1 Å². The molecule has 196 valence electrons. The van der Waals surface area contributed by atoms with E-state index in [1.807, 2.05) is 37.6 Å². The summed E-state index contributed by atoms with van der Waals surface area (Å²) in [6.07, 6.45) is 0. The smallest absolute Gasteiger partial charge is 0.281 e. The maximum atomic E-state index is 15.0. The number of carbonyl (C=O) groups is 1. The molecule has 2 heterocycles. The number of nitrogens with two attached hydrogens (primary N) is 1. The Morgan fingerprint density at radius 3 is 2.32 bits per heavy atom. The van der Waals surface area contributed by atoms with Gasteiger partial charge in [0.05, 0.1) is 12.8 Å². The lowest BCUT2D eigenvalue weighted by Crippen LogP contribution is -2.31. The number of nitrogens with one attached hydrogen (secondary N) is 1. The Bertz CT molecular complexity index is 1630. The van der Waals surface area contributed by atoms with E-state index in [9.17, 15) is 13.2 Å². The number of nitrogens with zero attached hydrogens (tertiary/aromatic N) is 2. The van der Waals surface area contributed by atoms with Crippen LogP contribution in [-0.4, -0.2) is 31.4 Å². The van der Waals surface area contributed by atoms with Gasteiger partial charge in [-0.05, 0) is 68.3 Å². The predicted octanol–water partition coefficient (Wildman–Crippen LogP) is 4.71. The second kappa shape index (κ2) is 10.5. The molecule has 0 aliphatic carbocycles. The van der Waals surface area contributed by atoms with E-state index in [4.69, 9.17) is 15.2 Å². The molecule has 9 nitrogen and oxygen atoms in total. The van der Waals surface area contributed by atoms with Crippen molar-refractivity contribution in [1.29, 1.82) is 0 Å². The highest BCUT2D eigenvalue weighted by atomic mass is 32.2. The fraction of sp³-hybridized carbons (Fsp3) is 0.148. The third kappa shape index (κ3) is 5.42. The van der Waals surface area contributed by atoms with Crippen molar-refractivity contribution in [3.8, 4) is 28.6 Å². The van der Waals surface area contributed by atoms with Gasteiger partial charge >= 0.3 is 0 Å². The van der Waals surface area contributed by atoms with Crippen LogP contribution in [0.15, 0.2) is 65.7 Å². The fourth-order valence-electron chi connectivity index (χ4n) is 3.94. The Balaban J connectivity index is 1.81. The van der Waals surface area contributed by atoms with Gasteiger partial charge in [0, 0.05) is 5.56 Å². The average molecular weight is 537 g/mol. The second-order valence-corrected chi connectivity index (χ2v) is 10.2. The van der Waals surface area contributed by atoms with E-state index in [2.05, 4.69) is 9.97 Å². The zero-order valence-corrected chi connectivity index (χ0v) is 21.9. The maximum Gasteiger partial charge on any atom is 0.281 e. The highest BCUT2D eigenvalue weighted by Crippen LogP contribution is 2.34. The number of hydrogen-bond acceptors (Lipinski definition) is 8. The molecular formula is C27H25FN4O5S. The number of carbonyl (C=O) groups excluding carboxylic acids is 1. The first-order valence-corrected chi connectivity index (χ1v) is 12.9. The van der Waals surface area contributed by atoms with Crippen LogP contribution in [0.1, 0.15) is 27.0 Å². The first kappa shape index (κ1) is 26.6. The summed E-state index contributed by atoms with van der Waals surface area (Å²) in [6.45, 7) is 5.59. The van der Waals surface area contributed by atoms with E-state index in [0.717, 1.165) is 16.7 Å². The number of sulfonamides is 1. The highest BCUT2D eigenvalue weighted by Gasteiger charge is 2.25. The minimum Gasteiger partial charge on any atom is -0.494 e. The largest absolute Gasteiger partial charge is 0.494 e. The summed E-state index contributed by atoms with van der Waals surface area (Å²) >= 11 is 0. The SMILES string of the molecule is COc1cccc(-c2ccc(C(=O)NS(=O)(=O)c3cccc(N)n3)c(Oc3c(C)cc(C)cc3C)n2)c1F. The number of benzene rings is 2. The summed E-state index contributed by atoms with van der Waals surface area (Å²) in [5, 5.41) is -0.429. The lowest BCUT2D eigenvalue weighted by molar-refractivity contribution is 0.0978. The molecule has 2 aromatic heterocycles. The Kier molecular flexibility index (Phi) is 7.31. The van der Waals surface area contributed by atoms with Crippen molar-refractivity contribution in [2.24, 2.45) is 0 Å². The molecule has 38 heavy (non-hydrogen) atoms. The van der Waals surface area contributed by atoms with Crippen LogP contribution >= 0.6 is 0 Å². The standard InChI is InChI=1S/C27H25FN4O5S/c1-15-13-16(2)25(17(3)14-15)37-27-19(26(33)32-38(34,35)23-10-6-9-22(29)31-23)11-12-20(30-27)18-7-5-8-21(36-4)24(18)28/h5-14H,1-4H3,(H2,29,31)(H,32,33). The van der Waals surface area contributed by atoms with Gasteiger partial charge < -0.3 is 15.2 Å². The molecule has 1 amide bonds. The monoisotopic (exact) mass is 536 g/mol. The van der Waals surface area contributed by atoms with Crippen molar-refractivity contribution in [2.75, 3.05) is 12.8 Å². The van der Waals surface area contributed by atoms with Crippen LogP contribution in [0.25, 0.3) is 11.3 Å². The zero-order valence-electron chi connectivity index (χ0n) is 21.1. The molecule has 0 bridgehead atoms. The summed E-state index contributed by atoms with van der Waals surface area (Å²) in [7, 11) is -3.03. The van der Waals surface area contributed by atoms with Crippen LogP contribution in [0.4, 0.5) is 10.2 Å². The Hall–Kier alpha value is -4.51. The number of rotatable bonds is 7. The summed E-state index contributed by atoms with van der Waals surface area (Å²) in [4.78, 5) is 21.4. The van der Waals surface area contributed by atoms with E-state index in [-0.39, 0.29) is 34.3 Å². The Morgan fingerprint density at radius 1 is 0.974 bits per heavy atom. The van der Waals surface area contributed by atoms with Crippen molar-refractivity contribution in [2.45, 2.75) is 25.8 Å². The molecule has 11 heteroatoms. The average Bonchev–Trinajstić information content (AvgIpc) is 2.86. The van der Waals surface area contributed by atoms with E-state index < -0.39 is 26.8 Å². The first-order chi connectivity index (χ1) is 18.0. The number of aromatic nitrogens is 2. The van der Waals surface area contributed by atoms with Gasteiger partial charge in [-0.3, -0.25) is 4.79 Å². The van der Waals surface area contributed by atoms with Gasteiger partial charge in [0.25, 0.3) is 15.9 Å². The first-order valence-electron chi connectivity index (χ1n) is 11.4. The molecule has 0 saturated heterocycles. The third-order valence-electron chi connectivity index (χ3n) is 5.61. The molecule has 2 aromatic carbocycles. The summed E-state index contributed by atoms with van der Waals surface area (Å²) in [5.74, 6) is -1.46. The van der Waals surface area contributed by atoms with Gasteiger partial charge in [-0.2, -0.15) is 8.42 Å². The van der Waals surface area contributed by atoms with Crippen molar-refractivity contribution in [1.82, 2.24) is 14.7 Å². The van der Waals surface area contributed by atoms with Gasteiger partial charge in [0.2, 0.25) is 5.88 Å². The number of halogens is 1. The van der Waals surface area contributed by atoms with E-state index in [1.54, 1.807) is 6.07 Å². The lowest BCUT2D eigenvalue weighted by Gasteiger charge is -2.16. The number of ether oxygens (including phenoxy) is 2. The molecule has 3 N–H and O–H groups in total. The van der Waals surface area contributed by atoms with Crippen molar-refractivity contribution >= 4 is 21.7 Å². The molecule has 0 atom stereocenters. The predicted molar refractivity (Wildman–Crippen MR) is 140 cm³/mol. The number of pyridine rings is 2. The molecule has 4 aromatic rings. The number of aryl methyl sites for hydroxylation is 3. The van der Waals surface area contributed by atoms with Gasteiger partial charge in [-0.1, -0.05) is 29.8 Å². The lowest BCUT2D eigenvalue weighted by atomic mass is 10.1. The quantitative estimate of drug-likeness (QED) is 0.347. The Morgan fingerprint density at radius 2 is 1.66 bits per heavy atom. The second-order valence-electron chi connectivity index (χ2n) is 8.54. The van der Waals surface area contributed by atoms with Crippen molar-refractivity contribution in [3.63, 3.8) is 0 Å². The third-order valence-corrected chi connectivity index (χ3v) is 6.85. The number of nitrogen functional groups attached to an aromatic ring is 1. The maximum absolute atomic E-state index is 15.0. The molecule has 0 saturated carbocycles. The molecule has 4 rings (SSSR count). The number of hydrogen-bond donors (Lipinski definition) is 2. The topological polar surface area (TPSA) is 134 Å². The molecule has 0 unspecified atom stereocenters. The molecule has 0 aliphatic rings. The van der Waals surface area contributed by atoms with Crippen LogP contribution in [0.3, 0.4) is 0 Å². The minimum atomic E-state index is -4.37. The van der Waals surface area contributed by atoms with Crippen LogP contribution in [0.5, 0.6) is 17.4 Å². The summed E-state index contributed by atoms with van der Waals surface area (Å²) in [5.41, 5.74) is 8.20. The molecule has 0 spiro atoms. The van der Waals surface area contributed by atoms with Crippen LogP contribution in [0.2, 0.25) is 0 Å². The summed E-state index contributed by atoms with van der Waals surface area (Å²) < 4.78 is 53.8. The Labute approximate surface area is 219 Å². The fourth-order valence-corrected chi connectivity index (χ4v) is 4.88. The normalized spacial score (nSPS) is 11.2. The molecule has 0 fully saturated rings. The van der Waals surface area contributed by atoms with Crippen molar-refractivity contribution < 1.29 is 27.1 Å². The molecule has 0 radical (unpaired) electrons. The van der Waals surface area contributed by atoms with Crippen LogP contribution in [0, 0.1) is 26.6 Å². The minimum absolute atomic E-state index is 0.0135. The van der Waals surface area contributed by atoms with Gasteiger partial charge in [0.1, 0.15) is 17.1 Å². The molecule has 0 aliphatic heterocycles. The van der Waals surface area contributed by atoms with E-state index in [0.29, 0.717) is 5.75 Å². The van der Waals surface area contributed by atoms with Crippen LogP contribution < -0.4 is 19.9 Å². The highest BCUT2D eigenvalue weighted by molar-refractivity contribution is 7.90. The van der Waals surface area contributed by atoms with Gasteiger partial charge in [-0.15, -0.1) is 0 Å². The molecular weight excluding hydrogens is 511 g/mol. The van der Waals surface area contributed by atoms with E-state index in [1.165, 1.54) is 49.6 Å². The van der Waals surface area contributed by atoms with Gasteiger partial charge in [0.15, 0.2) is 16.6 Å². The van der Waals surface area contributed by atoms with Crippen LogP contribution in [-0.2, 0) is 10.0 Å². The van der Waals surface area contributed by atoms with E-state index >= 15 is 4.39 Å². The number of amides is 1. The zero-order chi connectivity index (χ0) is 27.6.